The predicted octanol–water partition coefficient (Wildman–Crippen LogP) is 1.29. The Labute approximate surface area is 164 Å². The fraction of sp³-hybridized carbons (Fsp3) is 0.333. The molecule has 0 aliphatic carbocycles. The second-order valence-corrected chi connectivity index (χ2v) is 9.87. The summed E-state index contributed by atoms with van der Waals surface area (Å²) in [5.74, 6) is 0.0726. The highest BCUT2D eigenvalue weighted by atomic mass is 35.5. The highest BCUT2D eigenvalue weighted by molar-refractivity contribution is 7.91. The van der Waals surface area contributed by atoms with E-state index in [1.54, 1.807) is 23.2 Å². The van der Waals surface area contributed by atoms with Crippen LogP contribution >= 0.6 is 22.9 Å². The average molecular weight is 427 g/mol. The first kappa shape index (κ1) is 18.3. The molecule has 27 heavy (non-hydrogen) atoms. The number of amides is 1. The third-order valence-corrected chi connectivity index (χ3v) is 7.89. The van der Waals surface area contributed by atoms with Crippen LogP contribution < -0.4 is 0 Å². The maximum absolute atomic E-state index is 12.7. The molecule has 12 heteroatoms. The molecule has 4 rings (SSSR count). The number of thiophene rings is 1. The van der Waals surface area contributed by atoms with E-state index >= 15 is 0 Å². The molecule has 142 valence electrons. The second-order valence-electron chi connectivity index (χ2n) is 5.99. The molecule has 4 heterocycles. The molecule has 1 fully saturated rings. The summed E-state index contributed by atoms with van der Waals surface area (Å²) in [6.45, 7) is 2.78. The molecular weight excluding hydrogens is 412 g/mol. The van der Waals surface area contributed by atoms with Crippen molar-refractivity contribution in [3.8, 4) is 0 Å². The van der Waals surface area contributed by atoms with E-state index in [1.807, 2.05) is 6.92 Å². The standard InChI is InChI=1S/C15H15ClN6O3S2/c1-10-4-5-17-15-18-13(19-22(10)15)14(23)20-6-8-21(9-7-20)27(24,25)12-3-2-11(16)26-12/h2-5H,6-9H2,1H3. The van der Waals surface area contributed by atoms with Gasteiger partial charge in [0.15, 0.2) is 0 Å². The quantitative estimate of drug-likeness (QED) is 0.625. The Morgan fingerprint density at radius 1 is 1.19 bits per heavy atom. The number of rotatable bonds is 3. The van der Waals surface area contributed by atoms with Gasteiger partial charge in [0.1, 0.15) is 4.21 Å². The number of carbonyl (C=O) groups is 1. The van der Waals surface area contributed by atoms with Gasteiger partial charge in [0, 0.05) is 38.1 Å². The molecule has 0 radical (unpaired) electrons. The van der Waals surface area contributed by atoms with Crippen LogP contribution in [0.3, 0.4) is 0 Å². The van der Waals surface area contributed by atoms with Crippen LogP contribution in [0.2, 0.25) is 4.34 Å². The summed E-state index contributed by atoms with van der Waals surface area (Å²) in [7, 11) is -3.60. The third-order valence-electron chi connectivity index (χ3n) is 4.29. The Bertz CT molecular complexity index is 1120. The van der Waals surface area contributed by atoms with E-state index < -0.39 is 10.0 Å². The van der Waals surface area contributed by atoms with Crippen LogP contribution in [0.15, 0.2) is 28.6 Å². The second kappa shape index (κ2) is 6.82. The summed E-state index contributed by atoms with van der Waals surface area (Å²) < 4.78 is 28.8. The zero-order valence-corrected chi connectivity index (χ0v) is 16.6. The van der Waals surface area contributed by atoms with Gasteiger partial charge in [-0.05, 0) is 25.1 Å². The minimum absolute atomic E-state index is 0.0538. The van der Waals surface area contributed by atoms with Crippen molar-refractivity contribution < 1.29 is 13.2 Å². The van der Waals surface area contributed by atoms with Gasteiger partial charge in [-0.1, -0.05) is 11.6 Å². The predicted molar refractivity (Wildman–Crippen MR) is 99.5 cm³/mol. The largest absolute Gasteiger partial charge is 0.333 e. The number of sulfonamides is 1. The van der Waals surface area contributed by atoms with Gasteiger partial charge >= 0.3 is 0 Å². The molecule has 0 saturated carbocycles. The molecule has 0 unspecified atom stereocenters. The minimum Gasteiger partial charge on any atom is -0.333 e. The minimum atomic E-state index is -3.60. The molecule has 9 nitrogen and oxygen atoms in total. The Balaban J connectivity index is 1.48. The van der Waals surface area contributed by atoms with E-state index in [0.29, 0.717) is 10.1 Å². The Hall–Kier alpha value is -2.08. The summed E-state index contributed by atoms with van der Waals surface area (Å²) in [5.41, 5.74) is 0.817. The van der Waals surface area contributed by atoms with Gasteiger partial charge in [-0.25, -0.2) is 17.9 Å². The van der Waals surface area contributed by atoms with Crippen molar-refractivity contribution in [2.75, 3.05) is 26.2 Å². The Morgan fingerprint density at radius 2 is 1.93 bits per heavy atom. The number of nitrogens with zero attached hydrogens (tertiary/aromatic N) is 6. The van der Waals surface area contributed by atoms with E-state index in [4.69, 9.17) is 11.6 Å². The van der Waals surface area contributed by atoms with Crippen LogP contribution in [-0.2, 0) is 10.0 Å². The van der Waals surface area contributed by atoms with E-state index in [1.165, 1.54) is 14.9 Å². The Kier molecular flexibility index (Phi) is 4.62. The van der Waals surface area contributed by atoms with Crippen LogP contribution in [-0.4, -0.2) is 69.3 Å². The molecule has 1 aliphatic heterocycles. The van der Waals surface area contributed by atoms with Gasteiger partial charge in [-0.3, -0.25) is 4.79 Å². The molecule has 0 spiro atoms. The van der Waals surface area contributed by atoms with Gasteiger partial charge in [-0.2, -0.15) is 9.29 Å². The Morgan fingerprint density at radius 3 is 2.56 bits per heavy atom. The molecule has 0 bridgehead atoms. The number of fused-ring (bicyclic) bond motifs is 1. The van der Waals surface area contributed by atoms with Gasteiger partial charge < -0.3 is 4.90 Å². The first-order valence-corrected chi connectivity index (χ1v) is 10.7. The molecule has 3 aromatic heterocycles. The summed E-state index contributed by atoms with van der Waals surface area (Å²) >= 11 is 6.87. The molecule has 1 amide bonds. The maximum Gasteiger partial charge on any atom is 0.293 e. The van der Waals surface area contributed by atoms with Gasteiger partial charge in [0.2, 0.25) is 5.82 Å². The molecule has 1 saturated heterocycles. The lowest BCUT2D eigenvalue weighted by molar-refractivity contribution is 0.0686. The summed E-state index contributed by atoms with van der Waals surface area (Å²) in [4.78, 5) is 22.5. The van der Waals surface area contributed by atoms with Crippen molar-refractivity contribution in [3.05, 3.63) is 40.3 Å². The molecule has 0 aromatic carbocycles. The smallest absolute Gasteiger partial charge is 0.293 e. The van der Waals surface area contributed by atoms with E-state index in [2.05, 4.69) is 15.1 Å². The molecule has 0 N–H and O–H groups in total. The lowest BCUT2D eigenvalue weighted by Gasteiger charge is -2.33. The number of aryl methyl sites for hydroxylation is 1. The number of hydrogen-bond donors (Lipinski definition) is 0. The van der Waals surface area contributed by atoms with Gasteiger partial charge in [0.05, 0.1) is 4.34 Å². The van der Waals surface area contributed by atoms with E-state index in [9.17, 15) is 13.2 Å². The zero-order chi connectivity index (χ0) is 19.2. The molecule has 0 atom stereocenters. The van der Waals surface area contributed by atoms with Crippen molar-refractivity contribution in [2.24, 2.45) is 0 Å². The summed E-state index contributed by atoms with van der Waals surface area (Å²) in [5, 5.41) is 4.21. The van der Waals surface area contributed by atoms with Crippen LogP contribution in [0.5, 0.6) is 0 Å². The number of carbonyl (C=O) groups excluding carboxylic acids is 1. The van der Waals surface area contributed by atoms with Crippen molar-refractivity contribution in [1.29, 1.82) is 0 Å². The summed E-state index contributed by atoms with van der Waals surface area (Å²) in [6, 6.07) is 4.83. The monoisotopic (exact) mass is 426 g/mol. The molecule has 3 aromatic rings. The number of halogens is 1. The SMILES string of the molecule is Cc1ccnc2nc(C(=O)N3CCN(S(=O)(=O)c4ccc(Cl)s4)CC3)nn12. The number of aromatic nitrogens is 4. The van der Waals surface area contributed by atoms with Crippen LogP contribution in [0.1, 0.15) is 16.3 Å². The van der Waals surface area contributed by atoms with Crippen molar-refractivity contribution in [3.63, 3.8) is 0 Å². The summed E-state index contributed by atoms with van der Waals surface area (Å²) in [6.07, 6.45) is 1.61. The van der Waals surface area contributed by atoms with Crippen molar-refractivity contribution in [2.45, 2.75) is 11.1 Å². The van der Waals surface area contributed by atoms with E-state index in [0.717, 1.165) is 17.0 Å². The average Bonchev–Trinajstić information content (AvgIpc) is 3.29. The fourth-order valence-electron chi connectivity index (χ4n) is 2.83. The van der Waals surface area contributed by atoms with Crippen LogP contribution in [0.4, 0.5) is 0 Å². The first-order valence-electron chi connectivity index (χ1n) is 8.09. The zero-order valence-electron chi connectivity index (χ0n) is 14.2. The van der Waals surface area contributed by atoms with E-state index in [-0.39, 0.29) is 42.1 Å². The third kappa shape index (κ3) is 3.31. The maximum atomic E-state index is 12.7. The highest BCUT2D eigenvalue weighted by Gasteiger charge is 2.32. The van der Waals surface area contributed by atoms with Gasteiger partial charge in [-0.15, -0.1) is 16.4 Å². The fourth-order valence-corrected chi connectivity index (χ4v) is 5.89. The lowest BCUT2D eigenvalue weighted by atomic mass is 10.3. The van der Waals surface area contributed by atoms with Crippen LogP contribution in [0, 0.1) is 6.92 Å². The topological polar surface area (TPSA) is 101 Å². The van der Waals surface area contributed by atoms with Crippen molar-refractivity contribution >= 4 is 44.6 Å². The van der Waals surface area contributed by atoms with Crippen LogP contribution in [0.25, 0.3) is 5.78 Å². The molecule has 1 aliphatic rings. The number of piperazine rings is 1. The first-order chi connectivity index (χ1) is 12.9. The lowest BCUT2D eigenvalue weighted by Crippen LogP contribution is -2.50. The van der Waals surface area contributed by atoms with Gasteiger partial charge in [0.25, 0.3) is 21.7 Å². The highest BCUT2D eigenvalue weighted by Crippen LogP contribution is 2.28. The van der Waals surface area contributed by atoms with Crippen molar-refractivity contribution in [1.82, 2.24) is 28.8 Å². The normalized spacial score (nSPS) is 16.1. The number of hydrogen-bond acceptors (Lipinski definition) is 7. The molecular formula is C15H15ClN6O3S2.